The molecule has 2 heterocycles. The van der Waals surface area contributed by atoms with Crippen LogP contribution in [0.4, 0.5) is 10.5 Å². The molecule has 1 amide bonds. The Hall–Kier alpha value is -1.82. The van der Waals surface area contributed by atoms with Gasteiger partial charge in [0.05, 0.1) is 17.7 Å². The van der Waals surface area contributed by atoms with Gasteiger partial charge in [0.2, 0.25) is 0 Å². The number of anilines is 1. The Kier molecular flexibility index (Phi) is 4.08. The van der Waals surface area contributed by atoms with Crippen LogP contribution in [0.1, 0.15) is 30.5 Å². The Morgan fingerprint density at radius 3 is 3.00 bits per heavy atom. The van der Waals surface area contributed by atoms with Crippen LogP contribution in [0, 0.1) is 0 Å². The van der Waals surface area contributed by atoms with E-state index in [4.69, 9.17) is 15.5 Å². The lowest BCUT2D eigenvalue weighted by Crippen LogP contribution is -2.28. The summed E-state index contributed by atoms with van der Waals surface area (Å²) in [5.41, 5.74) is 10.1. The van der Waals surface area contributed by atoms with Crippen LogP contribution in [0.3, 0.4) is 0 Å². The number of hydrogen-bond acceptors (Lipinski definition) is 4. The minimum atomic E-state index is -0.689. The fourth-order valence-electron chi connectivity index (χ4n) is 3.92. The molecule has 0 saturated carbocycles. The highest BCUT2D eigenvalue weighted by Crippen LogP contribution is 2.38. The number of aryl methyl sites for hydroxylation is 1. The van der Waals surface area contributed by atoms with E-state index in [0.29, 0.717) is 6.54 Å². The van der Waals surface area contributed by atoms with Crippen molar-refractivity contribution in [1.82, 2.24) is 4.98 Å². The fourth-order valence-corrected chi connectivity index (χ4v) is 4.29. The molecule has 2 aromatic rings. The quantitative estimate of drug-likeness (QED) is 0.852. The van der Waals surface area contributed by atoms with Gasteiger partial charge in [-0.1, -0.05) is 15.9 Å². The van der Waals surface area contributed by atoms with Crippen molar-refractivity contribution in [2.24, 2.45) is 5.73 Å². The summed E-state index contributed by atoms with van der Waals surface area (Å²) in [5, 5.41) is 1.17. The molecule has 0 radical (unpaired) electrons. The second-order valence-corrected chi connectivity index (χ2v) is 7.46. The zero-order valence-corrected chi connectivity index (χ0v) is 15.0. The zero-order chi connectivity index (χ0) is 16.7. The van der Waals surface area contributed by atoms with E-state index in [1.54, 1.807) is 0 Å². The number of amides is 1. The van der Waals surface area contributed by atoms with Gasteiger partial charge in [0, 0.05) is 28.5 Å². The number of aromatic nitrogens is 1. The topological polar surface area (TPSA) is 68.5 Å². The van der Waals surface area contributed by atoms with Crippen LogP contribution in [0.25, 0.3) is 10.9 Å². The van der Waals surface area contributed by atoms with Crippen LogP contribution < -0.4 is 10.6 Å². The maximum Gasteiger partial charge on any atom is 0.404 e. The lowest BCUT2D eigenvalue weighted by Gasteiger charge is -2.27. The monoisotopic (exact) mass is 389 g/mol. The molecule has 6 heteroatoms. The molecule has 1 aliphatic heterocycles. The smallest absolute Gasteiger partial charge is 0.404 e. The number of halogens is 1. The summed E-state index contributed by atoms with van der Waals surface area (Å²) in [7, 11) is 0. The average Bonchev–Trinajstić information content (AvgIpc) is 3.00. The van der Waals surface area contributed by atoms with E-state index in [9.17, 15) is 4.79 Å². The molecular weight excluding hydrogens is 370 g/mol. The van der Waals surface area contributed by atoms with E-state index in [1.165, 1.54) is 35.2 Å². The summed E-state index contributed by atoms with van der Waals surface area (Å²) in [4.78, 5) is 18.3. The maximum absolute atomic E-state index is 11.1. The summed E-state index contributed by atoms with van der Waals surface area (Å²) in [6.45, 7) is 1.57. The number of carbonyl (C=O) groups is 1. The number of nitrogens with zero attached hydrogens (tertiary/aromatic N) is 2. The van der Waals surface area contributed by atoms with Gasteiger partial charge < -0.3 is 15.4 Å². The molecule has 5 nitrogen and oxygen atoms in total. The van der Waals surface area contributed by atoms with E-state index in [-0.39, 0.29) is 6.10 Å². The summed E-state index contributed by atoms with van der Waals surface area (Å²) in [5.74, 6) is 0. The molecule has 1 unspecified atom stereocenters. The van der Waals surface area contributed by atoms with E-state index in [1.807, 2.05) is 6.07 Å². The minimum Gasteiger partial charge on any atom is -0.444 e. The second-order valence-electron chi connectivity index (χ2n) is 6.55. The first-order chi connectivity index (χ1) is 11.6. The SMILES string of the molecule is NC(=O)OC1CCN(c2c3c(nc4ccc(Br)cc24)CCCC3)C1. The molecule has 1 aliphatic carbocycles. The number of hydrogen-bond donors (Lipinski definition) is 1. The van der Waals surface area contributed by atoms with Crippen molar-refractivity contribution in [2.75, 3.05) is 18.0 Å². The Morgan fingerprint density at radius 1 is 1.33 bits per heavy atom. The summed E-state index contributed by atoms with van der Waals surface area (Å²) < 4.78 is 6.27. The highest BCUT2D eigenvalue weighted by atomic mass is 79.9. The maximum atomic E-state index is 11.1. The second kappa shape index (κ2) is 6.24. The van der Waals surface area contributed by atoms with Crippen molar-refractivity contribution in [3.8, 4) is 0 Å². The lowest BCUT2D eigenvalue weighted by atomic mass is 9.92. The van der Waals surface area contributed by atoms with Gasteiger partial charge in [-0.25, -0.2) is 4.79 Å². The molecule has 0 bridgehead atoms. The van der Waals surface area contributed by atoms with Crippen LogP contribution in [-0.4, -0.2) is 30.3 Å². The van der Waals surface area contributed by atoms with Gasteiger partial charge in [0.1, 0.15) is 6.10 Å². The Bertz CT molecular complexity index is 808. The molecule has 0 spiro atoms. The van der Waals surface area contributed by atoms with E-state index in [2.05, 4.69) is 33.0 Å². The molecule has 2 N–H and O–H groups in total. The molecule has 1 atom stereocenters. The molecule has 1 aromatic carbocycles. The summed E-state index contributed by atoms with van der Waals surface area (Å²) in [6, 6.07) is 6.26. The first-order valence-electron chi connectivity index (χ1n) is 8.44. The summed E-state index contributed by atoms with van der Waals surface area (Å²) >= 11 is 3.58. The molecule has 126 valence electrons. The van der Waals surface area contributed by atoms with Crippen LogP contribution >= 0.6 is 15.9 Å². The van der Waals surface area contributed by atoms with Crippen LogP contribution in [0.15, 0.2) is 22.7 Å². The van der Waals surface area contributed by atoms with Gasteiger partial charge in [0.25, 0.3) is 0 Å². The number of carbonyl (C=O) groups excluding carboxylic acids is 1. The summed E-state index contributed by atoms with van der Waals surface area (Å²) in [6.07, 6.45) is 4.52. The third-order valence-corrected chi connectivity index (χ3v) is 5.43. The van der Waals surface area contributed by atoms with Crippen molar-refractivity contribution in [2.45, 2.75) is 38.2 Å². The Labute approximate surface area is 149 Å². The number of primary amides is 1. The highest BCUT2D eigenvalue weighted by molar-refractivity contribution is 9.10. The lowest BCUT2D eigenvalue weighted by molar-refractivity contribution is 0.117. The number of pyridine rings is 1. The first kappa shape index (κ1) is 15.7. The van der Waals surface area contributed by atoms with Crippen molar-refractivity contribution in [3.05, 3.63) is 33.9 Å². The first-order valence-corrected chi connectivity index (χ1v) is 9.23. The van der Waals surface area contributed by atoms with Gasteiger partial charge in [0.15, 0.2) is 0 Å². The van der Waals surface area contributed by atoms with Gasteiger partial charge in [-0.3, -0.25) is 4.98 Å². The highest BCUT2D eigenvalue weighted by Gasteiger charge is 2.29. The Morgan fingerprint density at radius 2 is 2.17 bits per heavy atom. The van der Waals surface area contributed by atoms with E-state index >= 15 is 0 Å². The van der Waals surface area contributed by atoms with E-state index < -0.39 is 6.09 Å². The molecule has 1 saturated heterocycles. The number of fused-ring (bicyclic) bond motifs is 2. The Balaban J connectivity index is 1.81. The van der Waals surface area contributed by atoms with Crippen molar-refractivity contribution in [1.29, 1.82) is 0 Å². The molecule has 1 aromatic heterocycles. The predicted molar refractivity (Wildman–Crippen MR) is 97.4 cm³/mol. The zero-order valence-electron chi connectivity index (χ0n) is 13.4. The predicted octanol–water partition coefficient (Wildman–Crippen LogP) is 3.55. The van der Waals surface area contributed by atoms with Crippen molar-refractivity contribution >= 4 is 38.6 Å². The minimum absolute atomic E-state index is 0.128. The molecular formula is C18H20BrN3O2. The number of nitrogens with two attached hydrogens (primary N) is 1. The van der Waals surface area contributed by atoms with Crippen molar-refractivity contribution in [3.63, 3.8) is 0 Å². The van der Waals surface area contributed by atoms with Gasteiger partial charge in [-0.15, -0.1) is 0 Å². The third kappa shape index (κ3) is 2.83. The van der Waals surface area contributed by atoms with Gasteiger partial charge in [-0.2, -0.15) is 0 Å². The third-order valence-electron chi connectivity index (χ3n) is 4.94. The van der Waals surface area contributed by atoms with Crippen molar-refractivity contribution < 1.29 is 9.53 Å². The van der Waals surface area contributed by atoms with Crippen LogP contribution in [0.2, 0.25) is 0 Å². The molecule has 1 fully saturated rings. The molecule has 2 aliphatic rings. The largest absolute Gasteiger partial charge is 0.444 e. The van der Waals surface area contributed by atoms with Gasteiger partial charge in [-0.05, 0) is 49.4 Å². The number of ether oxygens (including phenoxy) is 1. The average molecular weight is 390 g/mol. The normalized spacial score (nSPS) is 20.2. The standard InChI is InChI=1S/C18H20BrN3O2/c19-11-5-6-16-14(9-11)17(13-3-1-2-4-15(13)21-16)22-8-7-12(10-22)24-18(20)23/h5-6,9,12H,1-4,7-8,10H2,(H2,20,23). The van der Waals surface area contributed by atoms with Crippen LogP contribution in [0.5, 0.6) is 0 Å². The number of benzene rings is 1. The number of rotatable bonds is 2. The van der Waals surface area contributed by atoms with Gasteiger partial charge >= 0.3 is 6.09 Å². The van der Waals surface area contributed by atoms with E-state index in [0.717, 1.165) is 35.8 Å². The fraction of sp³-hybridized carbons (Fsp3) is 0.444. The van der Waals surface area contributed by atoms with Crippen LogP contribution in [-0.2, 0) is 17.6 Å². The molecule has 24 heavy (non-hydrogen) atoms. The molecule has 4 rings (SSSR count).